The number of hydrogen-bond acceptors (Lipinski definition) is 7. The maximum Gasteiger partial charge on any atom is 0.329 e. The van der Waals surface area contributed by atoms with E-state index in [1.165, 1.54) is 25.2 Å². The van der Waals surface area contributed by atoms with Gasteiger partial charge in [0.25, 0.3) is 5.91 Å². The van der Waals surface area contributed by atoms with Crippen molar-refractivity contribution < 1.29 is 23.9 Å². The molecule has 1 aliphatic heterocycles. The van der Waals surface area contributed by atoms with E-state index in [0.29, 0.717) is 23.4 Å². The number of imide groups is 1. The molecular formula is C24H29N3O5S. The zero-order valence-corrected chi connectivity index (χ0v) is 19.8. The molecule has 4 atom stereocenters. The lowest BCUT2D eigenvalue weighted by Gasteiger charge is -2.23. The van der Waals surface area contributed by atoms with Gasteiger partial charge in [-0.25, -0.2) is 4.79 Å². The second-order valence-corrected chi connectivity index (χ2v) is 10.3. The molecule has 3 unspecified atom stereocenters. The Labute approximate surface area is 197 Å². The number of amides is 3. The summed E-state index contributed by atoms with van der Waals surface area (Å²) in [6, 6.07) is 1.13. The molecule has 2 heterocycles. The summed E-state index contributed by atoms with van der Waals surface area (Å²) < 4.78 is 5.33. The highest BCUT2D eigenvalue weighted by Crippen LogP contribution is 2.39. The number of hydrogen-bond donors (Lipinski definition) is 1. The zero-order chi connectivity index (χ0) is 23.7. The van der Waals surface area contributed by atoms with Crippen molar-refractivity contribution in [1.82, 2.24) is 4.90 Å². The second-order valence-electron chi connectivity index (χ2n) is 9.17. The number of likely N-dealkylation sites (tertiary alicyclic amines) is 1. The van der Waals surface area contributed by atoms with Gasteiger partial charge in [0.2, 0.25) is 11.8 Å². The van der Waals surface area contributed by atoms with Crippen molar-refractivity contribution in [2.75, 3.05) is 5.32 Å². The van der Waals surface area contributed by atoms with Crippen LogP contribution in [0.25, 0.3) is 0 Å². The van der Waals surface area contributed by atoms with E-state index < -0.39 is 24.0 Å². The molecule has 1 aromatic rings. The summed E-state index contributed by atoms with van der Waals surface area (Å²) in [5.74, 6) is -2.66. The van der Waals surface area contributed by atoms with E-state index in [1.54, 1.807) is 0 Å². The van der Waals surface area contributed by atoms with Crippen molar-refractivity contribution in [3.8, 4) is 6.07 Å². The maximum absolute atomic E-state index is 12.7. The van der Waals surface area contributed by atoms with Gasteiger partial charge in [-0.1, -0.05) is 19.3 Å². The van der Waals surface area contributed by atoms with Crippen LogP contribution >= 0.6 is 11.3 Å². The van der Waals surface area contributed by atoms with Gasteiger partial charge in [-0.05, 0) is 57.9 Å². The third-order valence-electron chi connectivity index (χ3n) is 7.04. The summed E-state index contributed by atoms with van der Waals surface area (Å²) >= 11 is 1.41. The fourth-order valence-corrected chi connectivity index (χ4v) is 6.41. The average molecular weight is 472 g/mol. The van der Waals surface area contributed by atoms with Crippen LogP contribution in [0, 0.1) is 23.2 Å². The number of nitrogens with one attached hydrogen (secondary N) is 1. The summed E-state index contributed by atoms with van der Waals surface area (Å²) in [4.78, 5) is 53.1. The number of anilines is 1. The molecule has 4 rings (SSSR count). The summed E-state index contributed by atoms with van der Waals surface area (Å²) in [5.41, 5.74) is 1.51. The van der Waals surface area contributed by atoms with Crippen LogP contribution in [-0.4, -0.2) is 40.7 Å². The molecule has 0 aromatic carbocycles. The summed E-state index contributed by atoms with van der Waals surface area (Å²) in [6.07, 6.45) is 6.93. The van der Waals surface area contributed by atoms with Crippen molar-refractivity contribution in [2.24, 2.45) is 11.8 Å². The molecule has 0 bridgehead atoms. The molecular weight excluding hydrogens is 442 g/mol. The van der Waals surface area contributed by atoms with Gasteiger partial charge in [0.05, 0.1) is 17.4 Å². The molecule has 1 saturated carbocycles. The Morgan fingerprint density at radius 3 is 2.33 bits per heavy atom. The van der Waals surface area contributed by atoms with Crippen LogP contribution in [0.1, 0.15) is 74.8 Å². The first-order valence-electron chi connectivity index (χ1n) is 11.8. The maximum atomic E-state index is 12.7. The average Bonchev–Trinajstić information content (AvgIpc) is 3.14. The Hall–Kier alpha value is -2.73. The van der Waals surface area contributed by atoms with E-state index >= 15 is 0 Å². The topological polar surface area (TPSA) is 117 Å². The van der Waals surface area contributed by atoms with Crippen molar-refractivity contribution in [3.05, 3.63) is 16.0 Å². The Kier molecular flexibility index (Phi) is 6.84. The Balaban J connectivity index is 1.40. The Morgan fingerprint density at radius 1 is 1.06 bits per heavy atom. The summed E-state index contributed by atoms with van der Waals surface area (Å²) in [6.45, 7) is 2.90. The van der Waals surface area contributed by atoms with E-state index in [0.717, 1.165) is 60.3 Å². The highest BCUT2D eigenvalue weighted by molar-refractivity contribution is 7.16. The van der Waals surface area contributed by atoms with Crippen molar-refractivity contribution >= 4 is 40.0 Å². The monoisotopic (exact) mass is 471 g/mol. The predicted molar refractivity (Wildman–Crippen MR) is 121 cm³/mol. The number of rotatable bonds is 5. The molecule has 3 amide bonds. The number of aryl methyl sites for hydroxylation is 1. The third-order valence-corrected chi connectivity index (χ3v) is 8.24. The van der Waals surface area contributed by atoms with Gasteiger partial charge in [0.15, 0.2) is 6.10 Å². The molecule has 9 heteroatoms. The van der Waals surface area contributed by atoms with Gasteiger partial charge >= 0.3 is 5.97 Å². The number of thiophene rings is 1. The Bertz CT molecular complexity index is 1000. The molecule has 0 spiro atoms. The molecule has 1 aromatic heterocycles. The summed E-state index contributed by atoms with van der Waals surface area (Å²) in [5, 5.41) is 12.9. The van der Waals surface area contributed by atoms with Gasteiger partial charge in [0, 0.05) is 4.88 Å². The van der Waals surface area contributed by atoms with Gasteiger partial charge in [-0.15, -0.1) is 11.3 Å². The van der Waals surface area contributed by atoms with Gasteiger partial charge in [0.1, 0.15) is 17.1 Å². The van der Waals surface area contributed by atoms with Crippen LogP contribution in [0.5, 0.6) is 0 Å². The number of esters is 1. The first kappa shape index (κ1) is 23.4. The van der Waals surface area contributed by atoms with Crippen molar-refractivity contribution in [2.45, 2.75) is 83.8 Å². The smallest absolute Gasteiger partial charge is 0.329 e. The van der Waals surface area contributed by atoms with Gasteiger partial charge in [-0.2, -0.15) is 5.26 Å². The van der Waals surface area contributed by atoms with Gasteiger partial charge < -0.3 is 10.1 Å². The van der Waals surface area contributed by atoms with Crippen LogP contribution in [0.2, 0.25) is 0 Å². The van der Waals surface area contributed by atoms with E-state index in [-0.39, 0.29) is 23.7 Å². The lowest BCUT2D eigenvalue weighted by molar-refractivity contribution is -0.163. The number of nitrogens with zero attached hydrogens (tertiary/aromatic N) is 2. The normalized spacial score (nSPS) is 24.2. The SMILES string of the molecule is CC(OC(=O)[C@H](C)N1C(=O)C2CCCCC2C1=O)C(=O)Nc1sc2c(c1C#N)CCCCC2. The minimum absolute atomic E-state index is 0.315. The quantitative estimate of drug-likeness (QED) is 0.400. The van der Waals surface area contributed by atoms with E-state index in [9.17, 15) is 24.4 Å². The molecule has 33 heavy (non-hydrogen) atoms. The minimum atomic E-state index is -1.14. The molecule has 176 valence electrons. The fourth-order valence-electron chi connectivity index (χ4n) is 5.16. The Morgan fingerprint density at radius 2 is 1.70 bits per heavy atom. The molecule has 8 nitrogen and oxygen atoms in total. The molecule has 3 aliphatic rings. The fraction of sp³-hybridized carbons (Fsp3) is 0.625. The first-order valence-corrected chi connectivity index (χ1v) is 12.6. The number of carbonyl (C=O) groups is 4. The lowest BCUT2D eigenvalue weighted by Crippen LogP contribution is -2.46. The number of ether oxygens (including phenoxy) is 1. The van der Waals surface area contributed by atoms with Crippen LogP contribution in [0.15, 0.2) is 0 Å². The highest BCUT2D eigenvalue weighted by Gasteiger charge is 2.51. The molecule has 1 N–H and O–H groups in total. The third kappa shape index (κ3) is 4.41. The van der Waals surface area contributed by atoms with Crippen molar-refractivity contribution in [1.29, 1.82) is 5.26 Å². The second kappa shape index (κ2) is 9.64. The standard InChI is InChI=1S/C24H29N3O5S/c1-13(27-22(29)16-9-6-7-10-17(16)23(27)30)24(31)32-14(2)20(28)26-21-18(12-25)15-8-4-3-5-11-19(15)33-21/h13-14,16-17H,3-11H2,1-2H3,(H,26,28)/t13-,14?,16?,17?/m0/s1. The van der Waals surface area contributed by atoms with Gasteiger partial charge in [-0.3, -0.25) is 19.3 Å². The molecule has 2 fully saturated rings. The molecule has 1 saturated heterocycles. The van der Waals surface area contributed by atoms with E-state index in [4.69, 9.17) is 4.74 Å². The summed E-state index contributed by atoms with van der Waals surface area (Å²) in [7, 11) is 0. The van der Waals surface area contributed by atoms with Crippen LogP contribution in [-0.2, 0) is 36.8 Å². The van der Waals surface area contributed by atoms with Crippen LogP contribution in [0.3, 0.4) is 0 Å². The van der Waals surface area contributed by atoms with E-state index in [1.807, 2.05) is 0 Å². The first-order chi connectivity index (χ1) is 15.8. The minimum Gasteiger partial charge on any atom is -0.451 e. The predicted octanol–water partition coefficient (Wildman–Crippen LogP) is 3.32. The lowest BCUT2D eigenvalue weighted by atomic mass is 9.81. The van der Waals surface area contributed by atoms with E-state index in [2.05, 4.69) is 11.4 Å². The van der Waals surface area contributed by atoms with Crippen molar-refractivity contribution in [3.63, 3.8) is 0 Å². The number of carbonyl (C=O) groups excluding carboxylic acids is 4. The number of fused-ring (bicyclic) bond motifs is 2. The van der Waals surface area contributed by atoms with Crippen LogP contribution in [0.4, 0.5) is 5.00 Å². The highest BCUT2D eigenvalue weighted by atomic mass is 32.1. The number of nitriles is 1. The van der Waals surface area contributed by atoms with Crippen LogP contribution < -0.4 is 5.32 Å². The largest absolute Gasteiger partial charge is 0.451 e. The molecule has 2 aliphatic carbocycles. The molecule has 0 radical (unpaired) electrons. The zero-order valence-electron chi connectivity index (χ0n) is 19.0.